The Hall–Kier alpha value is -0.0800. The first kappa shape index (κ1) is 16.8. The van der Waals surface area contributed by atoms with Crippen molar-refractivity contribution in [3.05, 3.63) is 0 Å². The van der Waals surface area contributed by atoms with Gasteiger partial charge in [-0.25, -0.2) is 0 Å². The second-order valence-corrected chi connectivity index (χ2v) is 8.84. The molecule has 3 rings (SSSR count). The highest BCUT2D eigenvalue weighted by atomic mass is 16.5. The summed E-state index contributed by atoms with van der Waals surface area (Å²) in [4.78, 5) is 2.81. The van der Waals surface area contributed by atoms with Crippen LogP contribution in [-0.2, 0) is 4.74 Å². The number of hydrogen-bond donors (Lipinski definition) is 0. The van der Waals surface area contributed by atoms with Crippen LogP contribution in [0.3, 0.4) is 0 Å². The van der Waals surface area contributed by atoms with Gasteiger partial charge >= 0.3 is 0 Å². The quantitative estimate of drug-likeness (QED) is 0.631. The molecule has 0 aromatic heterocycles. The normalized spacial score (nSPS) is 44.2. The van der Waals surface area contributed by atoms with Crippen LogP contribution in [-0.4, -0.2) is 35.7 Å². The van der Waals surface area contributed by atoms with Crippen LogP contribution in [0.4, 0.5) is 0 Å². The largest absolute Gasteiger partial charge is 0.373 e. The van der Waals surface area contributed by atoms with Crippen molar-refractivity contribution in [3.8, 4) is 0 Å². The van der Waals surface area contributed by atoms with E-state index in [-0.39, 0.29) is 5.60 Å². The molecule has 3 fully saturated rings. The third-order valence-electron chi connectivity index (χ3n) is 7.47. The van der Waals surface area contributed by atoms with Crippen molar-refractivity contribution in [3.63, 3.8) is 0 Å². The van der Waals surface area contributed by atoms with E-state index in [4.69, 9.17) is 4.74 Å². The van der Waals surface area contributed by atoms with E-state index in [0.717, 1.165) is 24.4 Å². The van der Waals surface area contributed by atoms with E-state index >= 15 is 0 Å². The summed E-state index contributed by atoms with van der Waals surface area (Å²) in [5, 5.41) is 0. The van der Waals surface area contributed by atoms with Gasteiger partial charge in [-0.3, -0.25) is 4.90 Å². The Morgan fingerprint density at radius 1 is 1.18 bits per heavy atom. The molecule has 0 aromatic carbocycles. The maximum absolute atomic E-state index is 6.72. The molecule has 2 nitrogen and oxygen atoms in total. The van der Waals surface area contributed by atoms with Crippen molar-refractivity contribution < 1.29 is 4.74 Å². The Kier molecular flexibility index (Phi) is 4.64. The van der Waals surface area contributed by atoms with Crippen LogP contribution in [0.5, 0.6) is 0 Å². The fourth-order valence-corrected chi connectivity index (χ4v) is 6.25. The van der Waals surface area contributed by atoms with Crippen molar-refractivity contribution in [2.75, 3.05) is 19.7 Å². The summed E-state index contributed by atoms with van der Waals surface area (Å²) >= 11 is 0. The van der Waals surface area contributed by atoms with Gasteiger partial charge in [0.15, 0.2) is 0 Å². The predicted molar refractivity (Wildman–Crippen MR) is 93.0 cm³/mol. The monoisotopic (exact) mass is 307 g/mol. The molecule has 0 bridgehead atoms. The molecular weight excluding hydrogens is 270 g/mol. The lowest BCUT2D eigenvalue weighted by Gasteiger charge is -2.41. The summed E-state index contributed by atoms with van der Waals surface area (Å²) < 4.78 is 6.72. The summed E-state index contributed by atoms with van der Waals surface area (Å²) in [5.74, 6) is 3.16. The Morgan fingerprint density at radius 2 is 1.95 bits per heavy atom. The molecule has 1 aliphatic carbocycles. The van der Waals surface area contributed by atoms with E-state index in [2.05, 4.69) is 39.5 Å². The van der Waals surface area contributed by atoms with Crippen molar-refractivity contribution in [1.82, 2.24) is 4.90 Å². The standard InChI is InChI=1S/C20H37NO/c1-6-7-8-9-12-22-20(15(2)3)14-21-13-16(4)17-10-11-18(20)19(17,21)5/h15-18H,6-14H2,1-5H3/t16-,17+,18+,19-,20+/m1/s1. The minimum absolute atomic E-state index is 0.121. The summed E-state index contributed by atoms with van der Waals surface area (Å²) in [6, 6.07) is 0. The molecule has 2 heterocycles. The molecule has 0 aromatic rings. The molecule has 0 amide bonds. The molecule has 0 radical (unpaired) electrons. The van der Waals surface area contributed by atoms with Gasteiger partial charge in [-0.15, -0.1) is 0 Å². The van der Waals surface area contributed by atoms with Crippen molar-refractivity contribution in [1.29, 1.82) is 0 Å². The fourth-order valence-electron chi connectivity index (χ4n) is 6.25. The highest BCUT2D eigenvalue weighted by molar-refractivity contribution is 5.21. The molecule has 2 saturated heterocycles. The fraction of sp³-hybridized carbons (Fsp3) is 1.00. The molecule has 2 aliphatic heterocycles. The minimum Gasteiger partial charge on any atom is -0.373 e. The lowest BCUT2D eigenvalue weighted by molar-refractivity contribution is -0.103. The summed E-state index contributed by atoms with van der Waals surface area (Å²) in [5.41, 5.74) is 0.545. The molecule has 22 heavy (non-hydrogen) atoms. The zero-order valence-corrected chi connectivity index (χ0v) is 15.5. The van der Waals surface area contributed by atoms with Crippen molar-refractivity contribution in [2.45, 2.75) is 84.3 Å². The second-order valence-electron chi connectivity index (χ2n) is 8.84. The lowest BCUT2D eigenvalue weighted by Crippen LogP contribution is -2.48. The van der Waals surface area contributed by atoms with Crippen LogP contribution in [0.1, 0.15) is 73.1 Å². The molecule has 128 valence electrons. The van der Waals surface area contributed by atoms with E-state index < -0.39 is 0 Å². The van der Waals surface area contributed by atoms with E-state index in [1.807, 2.05) is 0 Å². The van der Waals surface area contributed by atoms with Crippen LogP contribution in [0.25, 0.3) is 0 Å². The average molecular weight is 308 g/mol. The maximum atomic E-state index is 6.72. The number of nitrogens with zero attached hydrogens (tertiary/aromatic N) is 1. The highest BCUT2D eigenvalue weighted by Crippen LogP contribution is 2.62. The second kappa shape index (κ2) is 6.09. The Labute approximate surface area is 138 Å². The molecule has 0 unspecified atom stereocenters. The van der Waals surface area contributed by atoms with Gasteiger partial charge in [-0.05, 0) is 43.9 Å². The Balaban J connectivity index is 1.73. The zero-order chi connectivity index (χ0) is 16.0. The van der Waals surface area contributed by atoms with Crippen LogP contribution < -0.4 is 0 Å². The van der Waals surface area contributed by atoms with Gasteiger partial charge in [-0.1, -0.05) is 47.0 Å². The van der Waals surface area contributed by atoms with Crippen LogP contribution in [0.2, 0.25) is 0 Å². The van der Waals surface area contributed by atoms with Crippen LogP contribution in [0, 0.1) is 23.7 Å². The van der Waals surface area contributed by atoms with Gasteiger partial charge in [0.05, 0.1) is 5.60 Å². The third-order valence-corrected chi connectivity index (χ3v) is 7.47. The van der Waals surface area contributed by atoms with Gasteiger partial charge < -0.3 is 4.74 Å². The van der Waals surface area contributed by atoms with Gasteiger partial charge in [0.2, 0.25) is 0 Å². The Morgan fingerprint density at radius 3 is 2.64 bits per heavy atom. The number of hydrogen-bond acceptors (Lipinski definition) is 2. The van der Waals surface area contributed by atoms with Gasteiger partial charge in [0.25, 0.3) is 0 Å². The van der Waals surface area contributed by atoms with Gasteiger partial charge in [-0.2, -0.15) is 0 Å². The molecular formula is C20H37NO. The molecule has 0 N–H and O–H groups in total. The van der Waals surface area contributed by atoms with E-state index in [1.54, 1.807) is 0 Å². The molecule has 0 spiro atoms. The zero-order valence-electron chi connectivity index (χ0n) is 15.5. The molecule has 5 atom stereocenters. The highest BCUT2D eigenvalue weighted by Gasteiger charge is 2.69. The molecule has 3 aliphatic rings. The van der Waals surface area contributed by atoms with Crippen LogP contribution >= 0.6 is 0 Å². The average Bonchev–Trinajstić information content (AvgIpc) is 3.02. The van der Waals surface area contributed by atoms with E-state index in [0.29, 0.717) is 11.5 Å². The van der Waals surface area contributed by atoms with E-state index in [1.165, 1.54) is 51.6 Å². The molecule has 2 heteroatoms. The van der Waals surface area contributed by atoms with Crippen LogP contribution in [0.15, 0.2) is 0 Å². The minimum atomic E-state index is 0.121. The predicted octanol–water partition coefficient (Wildman–Crippen LogP) is 4.73. The summed E-state index contributed by atoms with van der Waals surface area (Å²) in [7, 11) is 0. The van der Waals surface area contributed by atoms with Crippen molar-refractivity contribution >= 4 is 0 Å². The van der Waals surface area contributed by atoms with Gasteiger partial charge in [0.1, 0.15) is 0 Å². The first-order valence-electron chi connectivity index (χ1n) is 9.85. The van der Waals surface area contributed by atoms with Gasteiger partial charge in [0, 0.05) is 31.2 Å². The Bertz CT molecular complexity index is 395. The lowest BCUT2D eigenvalue weighted by atomic mass is 9.72. The maximum Gasteiger partial charge on any atom is 0.0877 e. The first-order valence-corrected chi connectivity index (χ1v) is 9.85. The molecule has 1 saturated carbocycles. The summed E-state index contributed by atoms with van der Waals surface area (Å²) in [6.07, 6.45) is 8.04. The topological polar surface area (TPSA) is 12.5 Å². The number of ether oxygens (including phenoxy) is 1. The summed E-state index contributed by atoms with van der Waals surface area (Å²) in [6.45, 7) is 15.6. The SMILES string of the molecule is CCCCCCO[C@]1(C(C)C)CN2C[C@@H](C)[C@@H]3CC[C@H]1[C@@]32C. The van der Waals surface area contributed by atoms with E-state index in [9.17, 15) is 0 Å². The smallest absolute Gasteiger partial charge is 0.0877 e. The number of unbranched alkanes of at least 4 members (excludes halogenated alkanes) is 3. The van der Waals surface area contributed by atoms with Crippen molar-refractivity contribution in [2.24, 2.45) is 23.7 Å². The number of rotatable bonds is 7. The third kappa shape index (κ3) is 2.28. The first-order chi connectivity index (χ1) is 10.5.